The lowest BCUT2D eigenvalue weighted by Crippen LogP contribution is -2.22. The summed E-state index contributed by atoms with van der Waals surface area (Å²) in [4.78, 5) is 0. The quantitative estimate of drug-likeness (QED) is 0.800. The number of benzene rings is 1. The predicted octanol–water partition coefficient (Wildman–Crippen LogP) is 2.96. The van der Waals surface area contributed by atoms with Crippen molar-refractivity contribution in [1.82, 2.24) is 0 Å². The number of ether oxygens (including phenoxy) is 1. The van der Waals surface area contributed by atoms with Gasteiger partial charge in [-0.05, 0) is 17.7 Å². The lowest BCUT2D eigenvalue weighted by Gasteiger charge is -2.24. The minimum atomic E-state index is -0.251. The molecule has 4 heteroatoms. The molecule has 1 unspecified atom stereocenters. The summed E-state index contributed by atoms with van der Waals surface area (Å²) in [7, 11) is 0. The van der Waals surface area contributed by atoms with Crippen molar-refractivity contribution in [3.8, 4) is 5.75 Å². The van der Waals surface area contributed by atoms with Gasteiger partial charge in [0.05, 0.1) is 6.54 Å². The van der Waals surface area contributed by atoms with Crippen LogP contribution in [0.5, 0.6) is 5.75 Å². The van der Waals surface area contributed by atoms with Crippen LogP contribution >= 0.6 is 0 Å². The molecule has 1 aliphatic heterocycles. The molecule has 0 aliphatic carbocycles. The largest absolute Gasteiger partial charge is 0.478 e. The van der Waals surface area contributed by atoms with Crippen LogP contribution in [0.3, 0.4) is 0 Å². The molecule has 1 N–H and O–H groups in total. The molecule has 1 aliphatic rings. The first-order valence-electron chi connectivity index (χ1n) is 5.05. The van der Waals surface area contributed by atoms with E-state index in [1.54, 1.807) is 12.3 Å². The molecule has 1 aromatic heterocycles. The van der Waals surface area contributed by atoms with Crippen LogP contribution in [0.25, 0.3) is 0 Å². The van der Waals surface area contributed by atoms with Crippen LogP contribution in [0.4, 0.5) is 10.1 Å². The maximum absolute atomic E-state index is 13.1. The standard InChI is InChI=1S/C12H10FNO2/c13-9-3-1-2-8(4-9)11-5-14-10-6-15-7-12(10)16-11/h1-4,6-7,11,14H,5H2. The predicted molar refractivity (Wildman–Crippen MR) is 57.0 cm³/mol. The van der Waals surface area contributed by atoms with E-state index in [1.165, 1.54) is 18.4 Å². The Balaban J connectivity index is 1.88. The molecule has 2 aromatic rings. The van der Waals surface area contributed by atoms with Gasteiger partial charge in [-0.15, -0.1) is 0 Å². The molecule has 82 valence electrons. The second-order valence-corrected chi connectivity index (χ2v) is 3.69. The van der Waals surface area contributed by atoms with Crippen molar-refractivity contribution in [1.29, 1.82) is 0 Å². The van der Waals surface area contributed by atoms with E-state index >= 15 is 0 Å². The Morgan fingerprint density at radius 1 is 1.31 bits per heavy atom. The number of nitrogens with one attached hydrogen (secondary N) is 1. The van der Waals surface area contributed by atoms with E-state index in [0.29, 0.717) is 12.3 Å². The number of fused-ring (bicyclic) bond motifs is 1. The maximum atomic E-state index is 13.1. The van der Waals surface area contributed by atoms with Gasteiger partial charge >= 0.3 is 0 Å². The van der Waals surface area contributed by atoms with Crippen molar-refractivity contribution in [2.24, 2.45) is 0 Å². The number of halogens is 1. The molecule has 0 spiro atoms. The summed E-state index contributed by atoms with van der Waals surface area (Å²) in [5.74, 6) is 0.416. The van der Waals surface area contributed by atoms with Gasteiger partial charge < -0.3 is 14.5 Å². The molecule has 0 amide bonds. The van der Waals surface area contributed by atoms with Crippen molar-refractivity contribution in [2.45, 2.75) is 6.10 Å². The van der Waals surface area contributed by atoms with Crippen LogP contribution in [0.15, 0.2) is 41.2 Å². The van der Waals surface area contributed by atoms with Gasteiger partial charge in [-0.3, -0.25) is 0 Å². The number of hydrogen-bond donors (Lipinski definition) is 1. The van der Waals surface area contributed by atoms with E-state index in [9.17, 15) is 4.39 Å². The third-order valence-electron chi connectivity index (χ3n) is 2.59. The van der Waals surface area contributed by atoms with Crippen LogP contribution in [0.2, 0.25) is 0 Å². The molecule has 0 saturated heterocycles. The zero-order valence-corrected chi connectivity index (χ0v) is 8.44. The number of rotatable bonds is 1. The van der Waals surface area contributed by atoms with Crippen molar-refractivity contribution in [3.05, 3.63) is 48.2 Å². The molecule has 0 radical (unpaired) electrons. The smallest absolute Gasteiger partial charge is 0.181 e. The van der Waals surface area contributed by atoms with Crippen LogP contribution in [-0.2, 0) is 0 Å². The summed E-state index contributed by atoms with van der Waals surface area (Å²) in [6, 6.07) is 6.43. The zero-order chi connectivity index (χ0) is 11.0. The number of anilines is 1. The number of furan rings is 1. The van der Waals surface area contributed by atoms with Gasteiger partial charge in [-0.2, -0.15) is 0 Å². The minimum absolute atomic E-state index is 0.180. The Bertz CT molecular complexity index is 509. The molecular formula is C12H10FNO2. The highest BCUT2D eigenvalue weighted by Crippen LogP contribution is 2.34. The fraction of sp³-hybridized carbons (Fsp3) is 0.167. The summed E-state index contributed by atoms with van der Waals surface area (Å²) < 4.78 is 23.8. The van der Waals surface area contributed by atoms with E-state index < -0.39 is 0 Å². The molecule has 0 bridgehead atoms. The minimum Gasteiger partial charge on any atom is -0.478 e. The first kappa shape index (κ1) is 9.27. The SMILES string of the molecule is Fc1cccc(C2CNc3cocc3O2)c1. The van der Waals surface area contributed by atoms with Crippen molar-refractivity contribution in [3.63, 3.8) is 0 Å². The van der Waals surface area contributed by atoms with E-state index in [2.05, 4.69) is 5.32 Å². The van der Waals surface area contributed by atoms with Gasteiger partial charge in [-0.1, -0.05) is 12.1 Å². The van der Waals surface area contributed by atoms with Crippen molar-refractivity contribution in [2.75, 3.05) is 11.9 Å². The monoisotopic (exact) mass is 219 g/mol. The average molecular weight is 219 g/mol. The molecule has 1 aromatic carbocycles. The Hall–Kier alpha value is -1.97. The Morgan fingerprint density at radius 3 is 3.12 bits per heavy atom. The van der Waals surface area contributed by atoms with E-state index in [-0.39, 0.29) is 11.9 Å². The van der Waals surface area contributed by atoms with Gasteiger partial charge in [0.2, 0.25) is 0 Å². The normalized spacial score (nSPS) is 18.4. The van der Waals surface area contributed by atoms with E-state index in [1.807, 2.05) is 6.07 Å². The van der Waals surface area contributed by atoms with Gasteiger partial charge in [-0.25, -0.2) is 4.39 Å². The fourth-order valence-electron chi connectivity index (χ4n) is 1.80. The summed E-state index contributed by atoms with van der Waals surface area (Å²) in [6.07, 6.45) is 2.95. The lowest BCUT2D eigenvalue weighted by atomic mass is 10.1. The molecule has 3 nitrogen and oxygen atoms in total. The highest BCUT2D eigenvalue weighted by molar-refractivity contribution is 5.55. The van der Waals surface area contributed by atoms with Crippen LogP contribution in [0.1, 0.15) is 11.7 Å². The van der Waals surface area contributed by atoms with Gasteiger partial charge in [0.15, 0.2) is 5.75 Å². The molecule has 1 atom stereocenters. The highest BCUT2D eigenvalue weighted by atomic mass is 19.1. The zero-order valence-electron chi connectivity index (χ0n) is 8.44. The second-order valence-electron chi connectivity index (χ2n) is 3.69. The third-order valence-corrected chi connectivity index (χ3v) is 2.59. The van der Waals surface area contributed by atoms with Crippen molar-refractivity contribution < 1.29 is 13.5 Å². The highest BCUT2D eigenvalue weighted by Gasteiger charge is 2.22. The van der Waals surface area contributed by atoms with E-state index in [4.69, 9.17) is 9.15 Å². The first-order chi connectivity index (χ1) is 7.83. The van der Waals surface area contributed by atoms with Crippen LogP contribution < -0.4 is 10.1 Å². The number of hydrogen-bond acceptors (Lipinski definition) is 3. The second kappa shape index (κ2) is 3.56. The van der Waals surface area contributed by atoms with E-state index in [0.717, 1.165) is 11.3 Å². The van der Waals surface area contributed by atoms with Gasteiger partial charge in [0.25, 0.3) is 0 Å². The Labute approximate surface area is 91.8 Å². The first-order valence-corrected chi connectivity index (χ1v) is 5.05. The topological polar surface area (TPSA) is 34.4 Å². The average Bonchev–Trinajstić information content (AvgIpc) is 2.75. The molecule has 16 heavy (non-hydrogen) atoms. The Kier molecular flexibility index (Phi) is 2.06. The molecule has 3 rings (SSSR count). The summed E-state index contributed by atoms with van der Waals surface area (Å²) in [5.41, 5.74) is 1.66. The van der Waals surface area contributed by atoms with Crippen molar-refractivity contribution >= 4 is 5.69 Å². The van der Waals surface area contributed by atoms with Crippen LogP contribution in [-0.4, -0.2) is 6.54 Å². The van der Waals surface area contributed by atoms with Gasteiger partial charge in [0.1, 0.15) is 30.1 Å². The van der Waals surface area contributed by atoms with Gasteiger partial charge in [0, 0.05) is 0 Å². The molecule has 0 saturated carbocycles. The Morgan fingerprint density at radius 2 is 2.25 bits per heavy atom. The fourth-order valence-corrected chi connectivity index (χ4v) is 1.80. The maximum Gasteiger partial charge on any atom is 0.181 e. The molecule has 0 fully saturated rings. The summed E-state index contributed by atoms with van der Waals surface area (Å²) in [5, 5.41) is 3.17. The summed E-state index contributed by atoms with van der Waals surface area (Å²) >= 11 is 0. The summed E-state index contributed by atoms with van der Waals surface area (Å²) in [6.45, 7) is 0.607. The lowest BCUT2D eigenvalue weighted by molar-refractivity contribution is 0.209. The molecular weight excluding hydrogens is 209 g/mol. The van der Waals surface area contributed by atoms with Crippen LogP contribution in [0, 0.1) is 5.82 Å². The molecule has 2 heterocycles. The third kappa shape index (κ3) is 1.52.